The SMILES string of the molecule is COC(=O)c1c(C(C)C)n[nH]c1C. The van der Waals surface area contributed by atoms with Crippen LogP contribution < -0.4 is 0 Å². The molecular weight excluding hydrogens is 168 g/mol. The number of rotatable bonds is 2. The number of H-pyrrole nitrogens is 1. The van der Waals surface area contributed by atoms with Crippen LogP contribution in [0.5, 0.6) is 0 Å². The van der Waals surface area contributed by atoms with Crippen molar-refractivity contribution in [3.8, 4) is 0 Å². The van der Waals surface area contributed by atoms with Gasteiger partial charge in [-0.25, -0.2) is 4.79 Å². The van der Waals surface area contributed by atoms with Crippen LogP contribution in [0.15, 0.2) is 0 Å². The van der Waals surface area contributed by atoms with Gasteiger partial charge in [-0.15, -0.1) is 0 Å². The minimum Gasteiger partial charge on any atom is -0.465 e. The Bertz CT molecular complexity index is 315. The number of nitrogens with zero attached hydrogens (tertiary/aromatic N) is 1. The molecule has 0 saturated heterocycles. The minimum atomic E-state index is -0.324. The maximum atomic E-state index is 11.3. The quantitative estimate of drug-likeness (QED) is 0.707. The smallest absolute Gasteiger partial charge is 0.341 e. The molecule has 0 radical (unpaired) electrons. The van der Waals surface area contributed by atoms with Gasteiger partial charge in [0.25, 0.3) is 0 Å². The second-order valence-corrected chi connectivity index (χ2v) is 3.26. The number of aryl methyl sites for hydroxylation is 1. The molecule has 72 valence electrons. The summed E-state index contributed by atoms with van der Waals surface area (Å²) < 4.78 is 4.67. The normalized spacial score (nSPS) is 10.5. The molecule has 0 fully saturated rings. The zero-order chi connectivity index (χ0) is 10.0. The Balaban J connectivity index is 3.16. The van der Waals surface area contributed by atoms with E-state index in [-0.39, 0.29) is 11.9 Å². The van der Waals surface area contributed by atoms with E-state index in [1.54, 1.807) is 0 Å². The van der Waals surface area contributed by atoms with E-state index in [0.29, 0.717) is 5.56 Å². The van der Waals surface area contributed by atoms with Gasteiger partial charge in [0.1, 0.15) is 5.56 Å². The van der Waals surface area contributed by atoms with Crippen molar-refractivity contribution < 1.29 is 9.53 Å². The van der Waals surface area contributed by atoms with Gasteiger partial charge in [0.05, 0.1) is 12.8 Å². The first kappa shape index (κ1) is 9.77. The van der Waals surface area contributed by atoms with Crippen LogP contribution in [0.3, 0.4) is 0 Å². The van der Waals surface area contributed by atoms with Crippen molar-refractivity contribution >= 4 is 5.97 Å². The Morgan fingerprint density at radius 1 is 1.54 bits per heavy atom. The summed E-state index contributed by atoms with van der Waals surface area (Å²) >= 11 is 0. The summed E-state index contributed by atoms with van der Waals surface area (Å²) in [5, 5.41) is 6.84. The van der Waals surface area contributed by atoms with E-state index in [2.05, 4.69) is 14.9 Å². The molecule has 1 aromatic rings. The van der Waals surface area contributed by atoms with Gasteiger partial charge in [0.15, 0.2) is 0 Å². The first-order chi connectivity index (χ1) is 6.07. The molecule has 0 aromatic carbocycles. The predicted octanol–water partition coefficient (Wildman–Crippen LogP) is 1.63. The van der Waals surface area contributed by atoms with Gasteiger partial charge in [-0.1, -0.05) is 13.8 Å². The van der Waals surface area contributed by atoms with Gasteiger partial charge >= 0.3 is 5.97 Å². The number of carbonyl (C=O) groups is 1. The van der Waals surface area contributed by atoms with E-state index in [9.17, 15) is 4.79 Å². The number of hydrogen-bond acceptors (Lipinski definition) is 3. The first-order valence-corrected chi connectivity index (χ1v) is 4.21. The number of carbonyl (C=O) groups excluding carboxylic acids is 1. The highest BCUT2D eigenvalue weighted by molar-refractivity contribution is 5.91. The Kier molecular flexibility index (Phi) is 2.70. The monoisotopic (exact) mass is 182 g/mol. The number of hydrogen-bond donors (Lipinski definition) is 1. The molecular formula is C9H14N2O2. The van der Waals surface area contributed by atoms with Crippen LogP contribution in [-0.2, 0) is 4.74 Å². The highest BCUT2D eigenvalue weighted by atomic mass is 16.5. The molecule has 1 aromatic heterocycles. The van der Waals surface area contributed by atoms with E-state index in [1.807, 2.05) is 20.8 Å². The first-order valence-electron chi connectivity index (χ1n) is 4.21. The van der Waals surface area contributed by atoms with Gasteiger partial charge in [-0.2, -0.15) is 5.10 Å². The molecule has 0 atom stereocenters. The molecule has 0 aliphatic heterocycles. The van der Waals surface area contributed by atoms with Crippen molar-refractivity contribution in [3.63, 3.8) is 0 Å². The lowest BCUT2D eigenvalue weighted by Crippen LogP contribution is -2.06. The van der Waals surface area contributed by atoms with Crippen LogP contribution in [-0.4, -0.2) is 23.3 Å². The van der Waals surface area contributed by atoms with Crippen LogP contribution >= 0.6 is 0 Å². The standard InChI is InChI=1S/C9H14N2O2/c1-5(2)8-7(9(12)13-4)6(3)10-11-8/h5H,1-4H3,(H,10,11). The highest BCUT2D eigenvalue weighted by Crippen LogP contribution is 2.19. The number of nitrogens with one attached hydrogen (secondary N) is 1. The summed E-state index contributed by atoms with van der Waals surface area (Å²) in [5.74, 6) is -0.103. The van der Waals surface area contributed by atoms with E-state index in [4.69, 9.17) is 0 Å². The Hall–Kier alpha value is -1.32. The number of aromatic nitrogens is 2. The second kappa shape index (κ2) is 3.60. The average Bonchev–Trinajstić information content (AvgIpc) is 2.46. The largest absolute Gasteiger partial charge is 0.465 e. The Morgan fingerprint density at radius 2 is 2.15 bits per heavy atom. The molecule has 0 unspecified atom stereocenters. The van der Waals surface area contributed by atoms with Crippen molar-refractivity contribution in [1.29, 1.82) is 0 Å². The van der Waals surface area contributed by atoms with E-state index in [0.717, 1.165) is 11.4 Å². The lowest BCUT2D eigenvalue weighted by molar-refractivity contribution is 0.0598. The van der Waals surface area contributed by atoms with Gasteiger partial charge in [-0.05, 0) is 12.8 Å². The summed E-state index contributed by atoms with van der Waals surface area (Å²) in [5.41, 5.74) is 2.09. The maximum absolute atomic E-state index is 11.3. The van der Waals surface area contributed by atoms with Crippen molar-refractivity contribution in [2.45, 2.75) is 26.7 Å². The molecule has 0 spiro atoms. The van der Waals surface area contributed by atoms with Crippen molar-refractivity contribution in [3.05, 3.63) is 17.0 Å². The zero-order valence-electron chi connectivity index (χ0n) is 8.34. The maximum Gasteiger partial charge on any atom is 0.341 e. The molecule has 0 amide bonds. The van der Waals surface area contributed by atoms with Crippen LogP contribution in [0.4, 0.5) is 0 Å². The molecule has 1 rings (SSSR count). The van der Waals surface area contributed by atoms with E-state index < -0.39 is 0 Å². The third kappa shape index (κ3) is 1.71. The number of aromatic amines is 1. The fourth-order valence-corrected chi connectivity index (χ4v) is 1.23. The van der Waals surface area contributed by atoms with Crippen molar-refractivity contribution in [1.82, 2.24) is 10.2 Å². The number of ether oxygens (including phenoxy) is 1. The fraction of sp³-hybridized carbons (Fsp3) is 0.556. The summed E-state index contributed by atoms with van der Waals surface area (Å²) in [6, 6.07) is 0. The lowest BCUT2D eigenvalue weighted by Gasteiger charge is -2.03. The van der Waals surface area contributed by atoms with Crippen LogP contribution in [0.2, 0.25) is 0 Å². The molecule has 0 saturated carbocycles. The molecule has 0 bridgehead atoms. The lowest BCUT2D eigenvalue weighted by atomic mass is 10.0. The van der Waals surface area contributed by atoms with Crippen molar-refractivity contribution in [2.24, 2.45) is 0 Å². The summed E-state index contributed by atoms with van der Waals surface area (Å²) in [4.78, 5) is 11.3. The molecule has 1 heterocycles. The topological polar surface area (TPSA) is 55.0 Å². The second-order valence-electron chi connectivity index (χ2n) is 3.26. The van der Waals surface area contributed by atoms with E-state index in [1.165, 1.54) is 7.11 Å². The molecule has 0 aliphatic carbocycles. The van der Waals surface area contributed by atoms with Crippen molar-refractivity contribution in [2.75, 3.05) is 7.11 Å². The van der Waals surface area contributed by atoms with Crippen LogP contribution in [0.1, 0.15) is 41.5 Å². The predicted molar refractivity (Wildman–Crippen MR) is 48.8 cm³/mol. The van der Waals surface area contributed by atoms with Gasteiger partial charge in [-0.3, -0.25) is 5.10 Å². The molecule has 4 heteroatoms. The van der Waals surface area contributed by atoms with Gasteiger partial charge in [0.2, 0.25) is 0 Å². The van der Waals surface area contributed by atoms with Gasteiger partial charge < -0.3 is 4.74 Å². The number of esters is 1. The Morgan fingerprint density at radius 3 is 2.62 bits per heavy atom. The molecule has 13 heavy (non-hydrogen) atoms. The Labute approximate surface area is 77.3 Å². The summed E-state index contributed by atoms with van der Waals surface area (Å²) in [7, 11) is 1.37. The van der Waals surface area contributed by atoms with E-state index >= 15 is 0 Å². The third-order valence-electron chi connectivity index (χ3n) is 1.91. The van der Waals surface area contributed by atoms with Gasteiger partial charge in [0, 0.05) is 5.69 Å². The summed E-state index contributed by atoms with van der Waals surface area (Å²) in [6.45, 7) is 5.79. The van der Waals surface area contributed by atoms with Crippen LogP contribution in [0, 0.1) is 6.92 Å². The fourth-order valence-electron chi connectivity index (χ4n) is 1.23. The third-order valence-corrected chi connectivity index (χ3v) is 1.91. The van der Waals surface area contributed by atoms with Crippen LogP contribution in [0.25, 0.3) is 0 Å². The molecule has 4 nitrogen and oxygen atoms in total. The average molecular weight is 182 g/mol. The molecule has 0 aliphatic rings. The summed E-state index contributed by atoms with van der Waals surface area (Å²) in [6.07, 6.45) is 0. The number of methoxy groups -OCH3 is 1. The minimum absolute atomic E-state index is 0.221. The molecule has 1 N–H and O–H groups in total. The zero-order valence-corrected chi connectivity index (χ0v) is 8.34. The highest BCUT2D eigenvalue weighted by Gasteiger charge is 2.20.